The van der Waals surface area contributed by atoms with E-state index in [1.807, 2.05) is 32.0 Å². The van der Waals surface area contributed by atoms with Crippen molar-refractivity contribution in [1.82, 2.24) is 15.3 Å². The van der Waals surface area contributed by atoms with Gasteiger partial charge in [0.15, 0.2) is 5.82 Å². The second-order valence-electron chi connectivity index (χ2n) is 5.21. The van der Waals surface area contributed by atoms with Crippen LogP contribution in [0.2, 0.25) is 0 Å². The minimum Gasteiger partial charge on any atom is -0.383 e. The quantitative estimate of drug-likeness (QED) is 0.820. The van der Waals surface area contributed by atoms with Crippen molar-refractivity contribution in [2.75, 3.05) is 25.6 Å². The molecule has 0 unspecified atom stereocenters. The summed E-state index contributed by atoms with van der Waals surface area (Å²) in [6.07, 6.45) is 1.70. The number of methoxy groups -OCH3 is 1. The number of hydrogen-bond donors (Lipinski definition) is 2. The van der Waals surface area contributed by atoms with Gasteiger partial charge in [0.2, 0.25) is 0 Å². The van der Waals surface area contributed by atoms with Crippen LogP contribution >= 0.6 is 0 Å². The highest BCUT2D eigenvalue weighted by Crippen LogP contribution is 2.18. The van der Waals surface area contributed by atoms with Crippen molar-refractivity contribution < 1.29 is 9.53 Å². The van der Waals surface area contributed by atoms with Gasteiger partial charge in [-0.2, -0.15) is 0 Å². The summed E-state index contributed by atoms with van der Waals surface area (Å²) in [6.45, 7) is 5.16. The molecule has 0 spiro atoms. The van der Waals surface area contributed by atoms with Crippen LogP contribution in [0.15, 0.2) is 36.5 Å². The van der Waals surface area contributed by atoms with E-state index in [9.17, 15) is 4.79 Å². The molecule has 1 heterocycles. The second-order valence-corrected chi connectivity index (χ2v) is 5.21. The lowest BCUT2D eigenvalue weighted by Crippen LogP contribution is -2.35. The Morgan fingerprint density at radius 1 is 1.35 bits per heavy atom. The first-order valence-electron chi connectivity index (χ1n) is 7.61. The molecule has 0 fully saturated rings. The number of benzene rings is 1. The zero-order chi connectivity index (χ0) is 16.7. The molecule has 2 N–H and O–H groups in total. The minimum absolute atomic E-state index is 0.0514. The van der Waals surface area contributed by atoms with Crippen molar-refractivity contribution in [3.05, 3.63) is 42.1 Å². The summed E-state index contributed by atoms with van der Waals surface area (Å²) in [6, 6.07) is 9.04. The monoisotopic (exact) mass is 314 g/mol. The van der Waals surface area contributed by atoms with E-state index >= 15 is 0 Å². The second kappa shape index (κ2) is 8.24. The summed E-state index contributed by atoms with van der Waals surface area (Å²) in [5.74, 6) is 1.21. The highest BCUT2D eigenvalue weighted by molar-refractivity contribution is 5.95. The van der Waals surface area contributed by atoms with Gasteiger partial charge in [-0.3, -0.25) is 4.79 Å². The molecule has 1 aromatic carbocycles. The molecular weight excluding hydrogens is 292 g/mol. The summed E-state index contributed by atoms with van der Waals surface area (Å²) in [5.41, 5.74) is 1.37. The zero-order valence-corrected chi connectivity index (χ0v) is 13.7. The van der Waals surface area contributed by atoms with Gasteiger partial charge in [-0.15, -0.1) is 0 Å². The number of rotatable bonds is 7. The SMILES string of the molecule is CCNc1ccnc(-c2cccc(C(=O)N[C@@H](C)COC)c2)n1. The molecule has 0 aliphatic rings. The van der Waals surface area contributed by atoms with Crippen LogP contribution in [-0.4, -0.2) is 42.2 Å². The number of anilines is 1. The first-order chi connectivity index (χ1) is 11.1. The van der Waals surface area contributed by atoms with Gasteiger partial charge in [0.1, 0.15) is 5.82 Å². The highest BCUT2D eigenvalue weighted by atomic mass is 16.5. The van der Waals surface area contributed by atoms with Gasteiger partial charge in [-0.25, -0.2) is 9.97 Å². The molecule has 0 radical (unpaired) electrons. The van der Waals surface area contributed by atoms with E-state index in [1.165, 1.54) is 0 Å². The van der Waals surface area contributed by atoms with Crippen molar-refractivity contribution in [3.63, 3.8) is 0 Å². The van der Waals surface area contributed by atoms with Crippen molar-refractivity contribution in [2.45, 2.75) is 19.9 Å². The predicted molar refractivity (Wildman–Crippen MR) is 90.4 cm³/mol. The average molecular weight is 314 g/mol. The fourth-order valence-electron chi connectivity index (χ4n) is 2.18. The van der Waals surface area contributed by atoms with E-state index in [4.69, 9.17) is 4.74 Å². The molecule has 1 atom stereocenters. The molecule has 1 amide bonds. The lowest BCUT2D eigenvalue weighted by Gasteiger charge is -2.13. The molecule has 2 aromatic rings. The van der Waals surface area contributed by atoms with Crippen LogP contribution < -0.4 is 10.6 Å². The van der Waals surface area contributed by atoms with Crippen LogP contribution in [0.25, 0.3) is 11.4 Å². The molecule has 0 bridgehead atoms. The molecule has 122 valence electrons. The van der Waals surface area contributed by atoms with E-state index in [-0.39, 0.29) is 11.9 Å². The van der Waals surface area contributed by atoms with Crippen LogP contribution in [0, 0.1) is 0 Å². The maximum atomic E-state index is 12.3. The number of nitrogens with zero attached hydrogens (tertiary/aromatic N) is 2. The summed E-state index contributed by atoms with van der Waals surface area (Å²) in [4.78, 5) is 21.0. The fourth-order valence-corrected chi connectivity index (χ4v) is 2.18. The minimum atomic E-state index is -0.140. The molecule has 23 heavy (non-hydrogen) atoms. The fraction of sp³-hybridized carbons (Fsp3) is 0.353. The third-order valence-corrected chi connectivity index (χ3v) is 3.19. The van der Waals surface area contributed by atoms with Gasteiger partial charge in [0.25, 0.3) is 5.91 Å². The Morgan fingerprint density at radius 3 is 2.91 bits per heavy atom. The third kappa shape index (κ3) is 4.75. The lowest BCUT2D eigenvalue weighted by atomic mass is 10.1. The Labute approximate surface area is 136 Å². The van der Waals surface area contributed by atoms with Crippen LogP contribution in [0.4, 0.5) is 5.82 Å². The molecule has 0 saturated carbocycles. The number of amides is 1. The highest BCUT2D eigenvalue weighted by Gasteiger charge is 2.11. The maximum absolute atomic E-state index is 12.3. The van der Waals surface area contributed by atoms with E-state index in [0.29, 0.717) is 18.0 Å². The van der Waals surface area contributed by atoms with Crippen LogP contribution in [0.5, 0.6) is 0 Å². The molecule has 6 heteroatoms. The summed E-state index contributed by atoms with van der Waals surface area (Å²) < 4.78 is 5.03. The zero-order valence-electron chi connectivity index (χ0n) is 13.7. The smallest absolute Gasteiger partial charge is 0.251 e. The van der Waals surface area contributed by atoms with Gasteiger partial charge in [-0.1, -0.05) is 12.1 Å². The van der Waals surface area contributed by atoms with Gasteiger partial charge in [-0.05, 0) is 32.0 Å². The third-order valence-electron chi connectivity index (χ3n) is 3.19. The average Bonchev–Trinajstić information content (AvgIpc) is 2.56. The Morgan fingerprint density at radius 2 is 2.17 bits per heavy atom. The molecule has 0 saturated heterocycles. The Balaban J connectivity index is 2.19. The molecule has 1 aromatic heterocycles. The standard InChI is InChI=1S/C17H22N4O2/c1-4-18-15-8-9-19-16(21-15)13-6-5-7-14(10-13)17(22)20-12(2)11-23-3/h5-10,12H,4,11H2,1-3H3,(H,20,22)(H,18,19,21)/t12-/m0/s1. The van der Waals surface area contributed by atoms with Crippen molar-refractivity contribution >= 4 is 11.7 Å². The number of carbonyl (C=O) groups excluding carboxylic acids is 1. The normalized spacial score (nSPS) is 11.8. The maximum Gasteiger partial charge on any atom is 0.251 e. The molecule has 2 rings (SSSR count). The number of hydrogen-bond acceptors (Lipinski definition) is 5. The predicted octanol–water partition coefficient (Wildman–Crippen LogP) is 2.34. The van der Waals surface area contributed by atoms with Crippen LogP contribution in [0.3, 0.4) is 0 Å². The topological polar surface area (TPSA) is 76.1 Å². The van der Waals surface area contributed by atoms with Gasteiger partial charge in [0.05, 0.1) is 6.61 Å². The summed E-state index contributed by atoms with van der Waals surface area (Å²) in [5, 5.41) is 6.04. The number of aromatic nitrogens is 2. The van der Waals surface area contributed by atoms with E-state index in [0.717, 1.165) is 17.9 Å². The van der Waals surface area contributed by atoms with Gasteiger partial charge >= 0.3 is 0 Å². The largest absolute Gasteiger partial charge is 0.383 e. The summed E-state index contributed by atoms with van der Waals surface area (Å²) >= 11 is 0. The molecule has 6 nitrogen and oxygen atoms in total. The van der Waals surface area contributed by atoms with Crippen molar-refractivity contribution in [3.8, 4) is 11.4 Å². The molecule has 0 aliphatic carbocycles. The van der Waals surface area contributed by atoms with E-state index < -0.39 is 0 Å². The number of carbonyl (C=O) groups is 1. The van der Waals surface area contributed by atoms with Crippen molar-refractivity contribution in [1.29, 1.82) is 0 Å². The Bertz CT molecular complexity index is 661. The number of ether oxygens (including phenoxy) is 1. The van der Waals surface area contributed by atoms with Gasteiger partial charge < -0.3 is 15.4 Å². The first kappa shape index (κ1) is 16.9. The molecular formula is C17H22N4O2. The van der Waals surface area contributed by atoms with Gasteiger partial charge in [0, 0.05) is 37.0 Å². The lowest BCUT2D eigenvalue weighted by molar-refractivity contribution is 0.0905. The van der Waals surface area contributed by atoms with Crippen LogP contribution in [0.1, 0.15) is 24.2 Å². The number of nitrogens with one attached hydrogen (secondary N) is 2. The van der Waals surface area contributed by atoms with Crippen LogP contribution in [-0.2, 0) is 4.74 Å². The molecule has 0 aliphatic heterocycles. The first-order valence-corrected chi connectivity index (χ1v) is 7.61. The summed E-state index contributed by atoms with van der Waals surface area (Å²) in [7, 11) is 1.61. The Hall–Kier alpha value is -2.47. The van der Waals surface area contributed by atoms with Crippen molar-refractivity contribution in [2.24, 2.45) is 0 Å². The van der Waals surface area contributed by atoms with E-state index in [1.54, 1.807) is 25.4 Å². The Kier molecular flexibility index (Phi) is 6.05. The van der Waals surface area contributed by atoms with E-state index in [2.05, 4.69) is 20.6 Å².